The molecule has 0 N–H and O–H groups in total. The van der Waals surface area contributed by atoms with E-state index in [1.54, 1.807) is 0 Å². The summed E-state index contributed by atoms with van der Waals surface area (Å²) in [6.45, 7) is 4.64. The molecule has 1 aliphatic rings. The zero-order valence-electron chi connectivity index (χ0n) is 12.5. The Morgan fingerprint density at radius 1 is 1.33 bits per heavy atom. The third kappa shape index (κ3) is 3.74. The van der Waals surface area contributed by atoms with Crippen LogP contribution < -0.4 is 0 Å². The molecule has 0 bridgehead atoms. The van der Waals surface area contributed by atoms with E-state index in [2.05, 4.69) is 14.5 Å². The Morgan fingerprint density at radius 2 is 2.19 bits per heavy atom. The minimum atomic E-state index is 0.584. The van der Waals surface area contributed by atoms with Gasteiger partial charge >= 0.3 is 0 Å². The molecular weight excluding hydrogens is 286 g/mol. The van der Waals surface area contributed by atoms with E-state index in [0.29, 0.717) is 5.88 Å². The van der Waals surface area contributed by atoms with Crippen molar-refractivity contribution in [3.8, 4) is 0 Å². The Bertz CT molecular complexity index is 607. The highest BCUT2D eigenvalue weighted by Gasteiger charge is 2.21. The molecule has 0 saturated heterocycles. The van der Waals surface area contributed by atoms with Gasteiger partial charge in [0.05, 0.1) is 0 Å². The van der Waals surface area contributed by atoms with Crippen LogP contribution in [0.4, 0.5) is 0 Å². The van der Waals surface area contributed by atoms with Crippen LogP contribution in [-0.4, -0.2) is 33.6 Å². The van der Waals surface area contributed by atoms with Gasteiger partial charge in [-0.1, -0.05) is 0 Å². The van der Waals surface area contributed by atoms with Gasteiger partial charge in [-0.25, -0.2) is 9.97 Å². The SMILES string of the molecule is Cc1ccc2nc(CCCl)n(CCCOCC3CC3)c2n1. The van der Waals surface area contributed by atoms with Crippen molar-refractivity contribution in [3.05, 3.63) is 23.7 Å². The van der Waals surface area contributed by atoms with Crippen LogP contribution in [0.3, 0.4) is 0 Å². The second kappa shape index (κ2) is 6.75. The third-order valence-corrected chi connectivity index (χ3v) is 4.04. The van der Waals surface area contributed by atoms with Crippen LogP contribution in [0.25, 0.3) is 11.2 Å². The lowest BCUT2D eigenvalue weighted by Crippen LogP contribution is -2.09. The normalized spacial score (nSPS) is 15.0. The molecule has 0 spiro atoms. The number of hydrogen-bond acceptors (Lipinski definition) is 3. The van der Waals surface area contributed by atoms with E-state index < -0.39 is 0 Å². The minimum absolute atomic E-state index is 0.584. The van der Waals surface area contributed by atoms with E-state index in [0.717, 1.165) is 61.2 Å². The Kier molecular flexibility index (Phi) is 4.76. The number of imidazole rings is 1. The number of hydrogen-bond donors (Lipinski definition) is 0. The highest BCUT2D eigenvalue weighted by atomic mass is 35.5. The van der Waals surface area contributed by atoms with Gasteiger partial charge in [0.2, 0.25) is 0 Å². The summed E-state index contributed by atoms with van der Waals surface area (Å²) in [7, 11) is 0. The summed E-state index contributed by atoms with van der Waals surface area (Å²) in [5, 5.41) is 0. The van der Waals surface area contributed by atoms with Gasteiger partial charge in [-0.15, -0.1) is 11.6 Å². The molecule has 0 amide bonds. The van der Waals surface area contributed by atoms with Crippen molar-refractivity contribution >= 4 is 22.8 Å². The largest absolute Gasteiger partial charge is 0.381 e. The van der Waals surface area contributed by atoms with Gasteiger partial charge < -0.3 is 9.30 Å². The molecule has 3 rings (SSSR count). The lowest BCUT2D eigenvalue weighted by Gasteiger charge is -2.08. The highest BCUT2D eigenvalue weighted by Crippen LogP contribution is 2.28. The summed E-state index contributed by atoms with van der Waals surface area (Å²) in [5.74, 6) is 2.44. The van der Waals surface area contributed by atoms with E-state index in [1.807, 2.05) is 19.1 Å². The number of pyridine rings is 1. The molecule has 114 valence electrons. The van der Waals surface area contributed by atoms with Gasteiger partial charge in [-0.2, -0.15) is 0 Å². The van der Waals surface area contributed by atoms with Crippen molar-refractivity contribution in [3.63, 3.8) is 0 Å². The second-order valence-electron chi connectivity index (χ2n) is 5.79. The van der Waals surface area contributed by atoms with Gasteiger partial charge in [-0.3, -0.25) is 0 Å². The molecule has 21 heavy (non-hydrogen) atoms. The summed E-state index contributed by atoms with van der Waals surface area (Å²) in [5.41, 5.74) is 2.95. The molecule has 1 fully saturated rings. The maximum absolute atomic E-state index is 5.89. The molecule has 2 aromatic rings. The van der Waals surface area contributed by atoms with Crippen molar-refractivity contribution < 1.29 is 4.74 Å². The molecule has 2 aromatic heterocycles. The van der Waals surface area contributed by atoms with E-state index in [4.69, 9.17) is 16.3 Å². The number of nitrogens with zero attached hydrogens (tertiary/aromatic N) is 3. The first-order valence-electron chi connectivity index (χ1n) is 7.74. The zero-order chi connectivity index (χ0) is 14.7. The molecule has 0 aromatic carbocycles. The number of aryl methyl sites for hydroxylation is 3. The van der Waals surface area contributed by atoms with Gasteiger partial charge in [0.1, 0.15) is 11.3 Å². The first kappa shape index (κ1) is 14.8. The molecule has 5 heteroatoms. The molecule has 0 aliphatic heterocycles. The van der Waals surface area contributed by atoms with Crippen LogP contribution in [0, 0.1) is 12.8 Å². The number of fused-ring (bicyclic) bond motifs is 1. The molecular formula is C16H22ClN3O. The van der Waals surface area contributed by atoms with Gasteiger partial charge in [0, 0.05) is 37.8 Å². The average molecular weight is 308 g/mol. The molecule has 4 nitrogen and oxygen atoms in total. The quantitative estimate of drug-likeness (QED) is 0.555. The number of halogens is 1. The number of aromatic nitrogens is 3. The van der Waals surface area contributed by atoms with Crippen LogP contribution in [0.1, 0.15) is 30.8 Å². The summed E-state index contributed by atoms with van der Waals surface area (Å²) >= 11 is 5.89. The molecule has 1 saturated carbocycles. The van der Waals surface area contributed by atoms with E-state index in [1.165, 1.54) is 12.8 Å². The topological polar surface area (TPSA) is 39.9 Å². The van der Waals surface area contributed by atoms with Crippen LogP contribution in [-0.2, 0) is 17.7 Å². The zero-order valence-corrected chi connectivity index (χ0v) is 13.3. The Morgan fingerprint density at radius 3 is 2.95 bits per heavy atom. The van der Waals surface area contributed by atoms with Crippen LogP contribution >= 0.6 is 11.6 Å². The summed E-state index contributed by atoms with van der Waals surface area (Å²) in [6, 6.07) is 4.04. The van der Waals surface area contributed by atoms with Crippen molar-refractivity contribution in [1.29, 1.82) is 0 Å². The predicted molar refractivity (Wildman–Crippen MR) is 84.8 cm³/mol. The smallest absolute Gasteiger partial charge is 0.160 e. The maximum Gasteiger partial charge on any atom is 0.160 e. The van der Waals surface area contributed by atoms with Crippen LogP contribution in [0.5, 0.6) is 0 Å². The number of ether oxygens (including phenoxy) is 1. The first-order chi connectivity index (χ1) is 10.3. The van der Waals surface area contributed by atoms with Crippen molar-refractivity contribution in [2.45, 2.75) is 39.2 Å². The average Bonchev–Trinajstić information content (AvgIpc) is 3.23. The number of rotatable bonds is 8. The van der Waals surface area contributed by atoms with Crippen LogP contribution in [0.2, 0.25) is 0 Å². The lowest BCUT2D eigenvalue weighted by molar-refractivity contribution is 0.119. The van der Waals surface area contributed by atoms with Gasteiger partial charge in [0.15, 0.2) is 5.65 Å². The number of alkyl halides is 1. The molecule has 0 radical (unpaired) electrons. The monoisotopic (exact) mass is 307 g/mol. The third-order valence-electron chi connectivity index (χ3n) is 3.85. The fourth-order valence-corrected chi connectivity index (χ4v) is 2.68. The Balaban J connectivity index is 1.67. The molecule has 0 atom stereocenters. The Labute approximate surface area is 130 Å². The summed E-state index contributed by atoms with van der Waals surface area (Å²) in [4.78, 5) is 9.29. The Hall–Kier alpha value is -1.13. The standard InChI is InChI=1S/C16H22ClN3O/c1-12-3-6-14-16(18-12)20(15(19-14)7-8-17)9-2-10-21-11-13-4-5-13/h3,6,13H,2,4-5,7-11H2,1H3. The van der Waals surface area contributed by atoms with Crippen molar-refractivity contribution in [2.24, 2.45) is 5.92 Å². The lowest BCUT2D eigenvalue weighted by atomic mass is 10.3. The fraction of sp³-hybridized carbons (Fsp3) is 0.625. The second-order valence-corrected chi connectivity index (χ2v) is 6.16. The first-order valence-corrected chi connectivity index (χ1v) is 8.28. The van der Waals surface area contributed by atoms with Gasteiger partial charge in [-0.05, 0) is 44.2 Å². The van der Waals surface area contributed by atoms with Crippen LogP contribution in [0.15, 0.2) is 12.1 Å². The molecule has 1 aliphatic carbocycles. The van der Waals surface area contributed by atoms with E-state index in [-0.39, 0.29) is 0 Å². The maximum atomic E-state index is 5.89. The minimum Gasteiger partial charge on any atom is -0.381 e. The molecule has 2 heterocycles. The summed E-state index contributed by atoms with van der Waals surface area (Å²) < 4.78 is 7.91. The van der Waals surface area contributed by atoms with Crippen molar-refractivity contribution in [1.82, 2.24) is 14.5 Å². The van der Waals surface area contributed by atoms with E-state index >= 15 is 0 Å². The van der Waals surface area contributed by atoms with Crippen molar-refractivity contribution in [2.75, 3.05) is 19.1 Å². The summed E-state index contributed by atoms with van der Waals surface area (Å²) in [6.07, 6.45) is 4.45. The van der Waals surface area contributed by atoms with Gasteiger partial charge in [0.25, 0.3) is 0 Å². The van der Waals surface area contributed by atoms with E-state index in [9.17, 15) is 0 Å². The predicted octanol–water partition coefficient (Wildman–Crippen LogP) is 3.34. The molecule has 0 unspecified atom stereocenters. The highest BCUT2D eigenvalue weighted by molar-refractivity contribution is 6.17. The fourth-order valence-electron chi connectivity index (χ4n) is 2.51.